The maximum atomic E-state index is 14.1. The second kappa shape index (κ2) is 12.2. The predicted molar refractivity (Wildman–Crippen MR) is 127 cm³/mol. The Labute approximate surface area is 215 Å². The monoisotopic (exact) mass is 645 g/mol. The molecule has 3 aromatic carbocycles. The molecule has 177 valence electrons. The Morgan fingerprint density at radius 2 is 1.49 bits per heavy atom. The van der Waals surface area contributed by atoms with E-state index >= 15 is 0 Å². The first-order valence-electron chi connectivity index (χ1n) is 10.5. The molecule has 1 radical (unpaired) electrons. The molecule has 0 aliphatic rings. The molecule has 0 fully saturated rings. The van der Waals surface area contributed by atoms with E-state index in [2.05, 4.69) is 22.1 Å². The summed E-state index contributed by atoms with van der Waals surface area (Å²) in [6, 6.07) is 30.5. The van der Waals surface area contributed by atoms with E-state index in [9.17, 15) is 13.2 Å². The molecule has 0 spiro atoms. The van der Waals surface area contributed by atoms with Crippen molar-refractivity contribution in [3.63, 3.8) is 0 Å². The summed E-state index contributed by atoms with van der Waals surface area (Å²) in [6.07, 6.45) is 3.29. The minimum absolute atomic E-state index is 0. The van der Waals surface area contributed by atoms with Crippen molar-refractivity contribution in [2.75, 3.05) is 0 Å². The molecule has 0 aliphatic carbocycles. The van der Waals surface area contributed by atoms with Crippen LogP contribution in [-0.4, -0.2) is 9.97 Å². The maximum Gasteiger partial charge on any atom is 0.0756 e. The number of pyridine rings is 2. The fraction of sp³-hybridized carbons (Fsp3) is 0.0345. The molecule has 0 bridgehead atoms. The van der Waals surface area contributed by atoms with Crippen molar-refractivity contribution in [2.24, 2.45) is 0 Å². The molecule has 0 saturated carbocycles. The van der Waals surface area contributed by atoms with Gasteiger partial charge in [-0.1, -0.05) is 60.2 Å². The molecule has 0 unspecified atom stereocenters. The molecule has 0 amide bonds. The molecule has 6 heteroatoms. The van der Waals surface area contributed by atoms with E-state index in [0.717, 1.165) is 22.4 Å². The average molecular weight is 645 g/mol. The largest absolute Gasteiger partial charge is 0.305 e. The molecule has 0 aliphatic heterocycles. The fourth-order valence-electron chi connectivity index (χ4n) is 3.44. The smallest absolute Gasteiger partial charge is 0.0756 e. The van der Waals surface area contributed by atoms with Crippen LogP contribution in [0.3, 0.4) is 0 Å². The Balaban J connectivity index is 0.000000223. The maximum absolute atomic E-state index is 14.1. The van der Waals surface area contributed by atoms with E-state index in [1.54, 1.807) is 12.3 Å². The van der Waals surface area contributed by atoms with Gasteiger partial charge in [0.2, 0.25) is 0 Å². The summed E-state index contributed by atoms with van der Waals surface area (Å²) in [5.41, 5.74) is 4.42. The third kappa shape index (κ3) is 6.30. The summed E-state index contributed by atoms with van der Waals surface area (Å²) in [6.45, 7) is 1.85. The standard InChI is InChI=1S/C18H11F3N.C11H8N.Ir/c1-11-7-8-22-18(17(11)12-5-3-2-4-6-12)13-9-15(20)16(21)10-14(13)19;1-2-6-10(7-3-1)11-8-4-5-9-12-11;/h2-8,10H,1H3;1-6,8-9H;/q2*-1;. The third-order valence-corrected chi connectivity index (χ3v) is 5.05. The zero-order valence-corrected chi connectivity index (χ0v) is 21.0. The van der Waals surface area contributed by atoms with Gasteiger partial charge in [-0.05, 0) is 47.1 Å². The number of aryl methyl sites for hydroxylation is 1. The van der Waals surface area contributed by atoms with Crippen LogP contribution in [0.5, 0.6) is 0 Å². The van der Waals surface area contributed by atoms with Gasteiger partial charge in [0, 0.05) is 38.3 Å². The van der Waals surface area contributed by atoms with Crippen LogP contribution in [0.4, 0.5) is 13.2 Å². The van der Waals surface area contributed by atoms with Crippen molar-refractivity contribution in [3.05, 3.63) is 132 Å². The SMILES string of the molecule is Cc1ccnc(-c2[c-]c(F)c(F)cc2F)c1-c1ccccc1.[Ir].[c-]1ccccc1-c1ccccn1. The zero-order chi connectivity index (χ0) is 23.9. The Kier molecular flexibility index (Phi) is 9.07. The molecule has 0 atom stereocenters. The summed E-state index contributed by atoms with van der Waals surface area (Å²) in [7, 11) is 0. The van der Waals surface area contributed by atoms with E-state index in [1.165, 1.54) is 6.20 Å². The van der Waals surface area contributed by atoms with Crippen molar-refractivity contribution in [1.82, 2.24) is 9.97 Å². The van der Waals surface area contributed by atoms with E-state index < -0.39 is 17.5 Å². The molecule has 2 heterocycles. The van der Waals surface area contributed by atoms with Crippen LogP contribution >= 0.6 is 0 Å². The normalized spacial score (nSPS) is 10.1. The van der Waals surface area contributed by atoms with Crippen molar-refractivity contribution in [1.29, 1.82) is 0 Å². The number of hydrogen-bond acceptors (Lipinski definition) is 2. The fourth-order valence-corrected chi connectivity index (χ4v) is 3.44. The number of aromatic nitrogens is 2. The number of nitrogens with zero attached hydrogens (tertiary/aromatic N) is 2. The van der Waals surface area contributed by atoms with Crippen molar-refractivity contribution in [2.45, 2.75) is 6.92 Å². The molecule has 35 heavy (non-hydrogen) atoms. The Hall–Kier alpha value is -3.60. The first kappa shape index (κ1) is 26.0. The molecule has 0 saturated heterocycles. The first-order valence-corrected chi connectivity index (χ1v) is 10.5. The van der Waals surface area contributed by atoms with Crippen molar-refractivity contribution < 1.29 is 33.3 Å². The molecule has 5 aromatic rings. The summed E-state index contributed by atoms with van der Waals surface area (Å²) in [5.74, 6) is -3.39. The van der Waals surface area contributed by atoms with Gasteiger partial charge in [-0.25, -0.2) is 4.39 Å². The molecule has 2 nitrogen and oxygen atoms in total. The quantitative estimate of drug-likeness (QED) is 0.150. The van der Waals surface area contributed by atoms with Gasteiger partial charge in [0.25, 0.3) is 0 Å². The van der Waals surface area contributed by atoms with Gasteiger partial charge in [0.1, 0.15) is 0 Å². The number of benzene rings is 3. The number of rotatable bonds is 3. The molecule has 0 N–H and O–H groups in total. The zero-order valence-electron chi connectivity index (χ0n) is 18.6. The Bertz CT molecular complexity index is 1340. The van der Waals surface area contributed by atoms with Crippen LogP contribution in [0.25, 0.3) is 33.6 Å². The first-order chi connectivity index (χ1) is 16.5. The number of hydrogen-bond donors (Lipinski definition) is 0. The van der Waals surface area contributed by atoms with E-state index in [-0.39, 0.29) is 31.4 Å². The van der Waals surface area contributed by atoms with Gasteiger partial charge >= 0.3 is 0 Å². The van der Waals surface area contributed by atoms with Crippen LogP contribution in [0.2, 0.25) is 0 Å². The van der Waals surface area contributed by atoms with Gasteiger partial charge in [0.15, 0.2) is 0 Å². The molecular weight excluding hydrogens is 626 g/mol. The van der Waals surface area contributed by atoms with Crippen LogP contribution in [0.15, 0.2) is 97.3 Å². The van der Waals surface area contributed by atoms with Gasteiger partial charge in [-0.2, -0.15) is 0 Å². The van der Waals surface area contributed by atoms with Gasteiger partial charge < -0.3 is 9.97 Å². The summed E-state index contributed by atoms with van der Waals surface area (Å²) in [4.78, 5) is 8.38. The van der Waals surface area contributed by atoms with Gasteiger partial charge in [-0.15, -0.1) is 35.9 Å². The van der Waals surface area contributed by atoms with Crippen molar-refractivity contribution >= 4 is 0 Å². The van der Waals surface area contributed by atoms with Gasteiger partial charge in [-0.3, -0.25) is 8.78 Å². The minimum atomic E-state index is -1.27. The van der Waals surface area contributed by atoms with Crippen LogP contribution < -0.4 is 0 Å². The third-order valence-electron chi connectivity index (χ3n) is 5.05. The van der Waals surface area contributed by atoms with E-state index in [1.807, 2.05) is 79.7 Å². The van der Waals surface area contributed by atoms with Crippen LogP contribution in [0.1, 0.15) is 5.56 Å². The van der Waals surface area contributed by atoms with Crippen molar-refractivity contribution in [3.8, 4) is 33.6 Å². The van der Waals surface area contributed by atoms with Crippen LogP contribution in [0, 0.1) is 36.5 Å². The van der Waals surface area contributed by atoms with E-state index in [4.69, 9.17) is 0 Å². The van der Waals surface area contributed by atoms with Crippen LogP contribution in [-0.2, 0) is 20.1 Å². The molecular formula is C29H19F3IrN2-2. The Morgan fingerprint density at radius 1 is 0.743 bits per heavy atom. The predicted octanol–water partition coefficient (Wildman–Crippen LogP) is 7.49. The van der Waals surface area contributed by atoms with Gasteiger partial charge in [0.05, 0.1) is 11.6 Å². The average Bonchev–Trinajstić information content (AvgIpc) is 2.88. The molecule has 5 rings (SSSR count). The molecule has 2 aromatic heterocycles. The summed E-state index contributed by atoms with van der Waals surface area (Å²) >= 11 is 0. The summed E-state index contributed by atoms with van der Waals surface area (Å²) < 4.78 is 40.6. The topological polar surface area (TPSA) is 25.8 Å². The number of halogens is 3. The second-order valence-corrected chi connectivity index (χ2v) is 7.36. The van der Waals surface area contributed by atoms with E-state index in [0.29, 0.717) is 11.6 Å². The Morgan fingerprint density at radius 3 is 2.17 bits per heavy atom. The summed E-state index contributed by atoms with van der Waals surface area (Å²) in [5, 5.41) is 0. The minimum Gasteiger partial charge on any atom is -0.305 e. The second-order valence-electron chi connectivity index (χ2n) is 7.36.